The highest BCUT2D eigenvalue weighted by Gasteiger charge is 2.21. The van der Waals surface area contributed by atoms with Gasteiger partial charge in [0.1, 0.15) is 0 Å². The molecule has 0 saturated heterocycles. The Bertz CT molecular complexity index is 237. The lowest BCUT2D eigenvalue weighted by Gasteiger charge is -2.21. The molecule has 2 unspecified atom stereocenters. The molecule has 0 aromatic rings. The molecule has 1 fully saturated rings. The number of amides is 1. The fourth-order valence-corrected chi connectivity index (χ4v) is 2.68. The minimum absolute atomic E-state index is 0.0674. The molecule has 1 amide bonds. The van der Waals surface area contributed by atoms with Gasteiger partial charge >= 0.3 is 0 Å². The standard InChI is InChI=1S/C15H30N2O/c1-4-5-6-9-12(2)16-13(3)15(18)17-14-10-7-8-11-14/h12-14,16H,4-11H2,1-3H3,(H,17,18). The van der Waals surface area contributed by atoms with E-state index in [1.165, 1.54) is 32.1 Å². The van der Waals surface area contributed by atoms with Crippen LogP contribution >= 0.6 is 0 Å². The molecule has 3 nitrogen and oxygen atoms in total. The SMILES string of the molecule is CCCCCC(C)NC(C)C(=O)NC1CCCC1. The summed E-state index contributed by atoms with van der Waals surface area (Å²) < 4.78 is 0. The van der Waals surface area contributed by atoms with Gasteiger partial charge in [0.15, 0.2) is 0 Å². The third-order valence-corrected chi connectivity index (χ3v) is 3.87. The van der Waals surface area contributed by atoms with Crippen molar-refractivity contribution in [3.05, 3.63) is 0 Å². The summed E-state index contributed by atoms with van der Waals surface area (Å²) in [5.74, 6) is 0.171. The van der Waals surface area contributed by atoms with E-state index in [0.29, 0.717) is 12.1 Å². The molecule has 18 heavy (non-hydrogen) atoms. The first kappa shape index (κ1) is 15.5. The third kappa shape index (κ3) is 5.85. The Balaban J connectivity index is 2.17. The number of unbranched alkanes of at least 4 members (excludes halogenated alkanes) is 2. The van der Waals surface area contributed by atoms with Crippen molar-refractivity contribution in [3.63, 3.8) is 0 Å². The van der Waals surface area contributed by atoms with Gasteiger partial charge in [0, 0.05) is 12.1 Å². The van der Waals surface area contributed by atoms with Crippen molar-refractivity contribution in [2.45, 2.75) is 90.3 Å². The van der Waals surface area contributed by atoms with E-state index in [0.717, 1.165) is 19.3 Å². The molecule has 0 aromatic carbocycles. The zero-order valence-corrected chi connectivity index (χ0v) is 12.3. The quantitative estimate of drug-likeness (QED) is 0.654. The summed E-state index contributed by atoms with van der Waals surface area (Å²) in [4.78, 5) is 12.0. The van der Waals surface area contributed by atoms with Gasteiger partial charge in [-0.15, -0.1) is 0 Å². The average Bonchev–Trinajstić information content (AvgIpc) is 2.82. The van der Waals surface area contributed by atoms with Gasteiger partial charge in [-0.3, -0.25) is 4.79 Å². The second-order valence-corrected chi connectivity index (χ2v) is 5.78. The maximum atomic E-state index is 12.0. The smallest absolute Gasteiger partial charge is 0.237 e. The van der Waals surface area contributed by atoms with Crippen molar-refractivity contribution in [2.24, 2.45) is 0 Å². The zero-order chi connectivity index (χ0) is 13.4. The van der Waals surface area contributed by atoms with E-state index in [9.17, 15) is 4.79 Å². The van der Waals surface area contributed by atoms with Gasteiger partial charge in [-0.25, -0.2) is 0 Å². The number of rotatable bonds is 8. The van der Waals surface area contributed by atoms with Crippen LogP contribution in [0.15, 0.2) is 0 Å². The van der Waals surface area contributed by atoms with Gasteiger partial charge in [0.25, 0.3) is 0 Å². The van der Waals surface area contributed by atoms with Gasteiger partial charge in [-0.2, -0.15) is 0 Å². The predicted octanol–water partition coefficient (Wildman–Crippen LogP) is 2.99. The molecule has 0 bridgehead atoms. The summed E-state index contributed by atoms with van der Waals surface area (Å²) in [5.41, 5.74) is 0. The summed E-state index contributed by atoms with van der Waals surface area (Å²) in [6.45, 7) is 6.37. The molecule has 1 saturated carbocycles. The highest BCUT2D eigenvalue weighted by Crippen LogP contribution is 2.17. The molecule has 3 heteroatoms. The number of carbonyl (C=O) groups is 1. The maximum absolute atomic E-state index is 12.0. The normalized spacial score (nSPS) is 19.7. The van der Waals surface area contributed by atoms with E-state index in [1.807, 2.05) is 6.92 Å². The molecule has 0 radical (unpaired) electrons. The van der Waals surface area contributed by atoms with E-state index in [1.54, 1.807) is 0 Å². The molecule has 0 aliphatic heterocycles. The van der Waals surface area contributed by atoms with Crippen molar-refractivity contribution in [3.8, 4) is 0 Å². The molecule has 2 atom stereocenters. The summed E-state index contributed by atoms with van der Waals surface area (Å²) >= 11 is 0. The minimum Gasteiger partial charge on any atom is -0.352 e. The summed E-state index contributed by atoms with van der Waals surface area (Å²) in [6.07, 6.45) is 9.80. The molecule has 0 aromatic heterocycles. The average molecular weight is 254 g/mol. The van der Waals surface area contributed by atoms with Crippen LogP contribution in [-0.4, -0.2) is 24.0 Å². The fraction of sp³-hybridized carbons (Fsp3) is 0.933. The van der Waals surface area contributed by atoms with Gasteiger partial charge < -0.3 is 10.6 Å². The topological polar surface area (TPSA) is 41.1 Å². The Morgan fingerprint density at radius 2 is 1.89 bits per heavy atom. The minimum atomic E-state index is -0.0674. The van der Waals surface area contributed by atoms with E-state index >= 15 is 0 Å². The molecule has 1 rings (SSSR count). The van der Waals surface area contributed by atoms with E-state index < -0.39 is 0 Å². The molecule has 0 spiro atoms. The highest BCUT2D eigenvalue weighted by atomic mass is 16.2. The first-order valence-corrected chi connectivity index (χ1v) is 7.70. The van der Waals surface area contributed by atoms with E-state index in [-0.39, 0.29) is 11.9 Å². The first-order valence-electron chi connectivity index (χ1n) is 7.70. The lowest BCUT2D eigenvalue weighted by molar-refractivity contribution is -0.123. The van der Waals surface area contributed by atoms with Crippen molar-refractivity contribution >= 4 is 5.91 Å². The summed E-state index contributed by atoms with van der Waals surface area (Å²) in [6, 6.07) is 0.792. The van der Waals surface area contributed by atoms with Crippen LogP contribution in [0.1, 0.15) is 72.1 Å². The third-order valence-electron chi connectivity index (χ3n) is 3.87. The maximum Gasteiger partial charge on any atom is 0.237 e. The molecular formula is C15H30N2O. The predicted molar refractivity (Wildman–Crippen MR) is 76.6 cm³/mol. The monoisotopic (exact) mass is 254 g/mol. The number of nitrogens with one attached hydrogen (secondary N) is 2. The van der Waals surface area contributed by atoms with Crippen molar-refractivity contribution in [1.82, 2.24) is 10.6 Å². The fourth-order valence-electron chi connectivity index (χ4n) is 2.68. The largest absolute Gasteiger partial charge is 0.352 e. The van der Waals surface area contributed by atoms with Crippen molar-refractivity contribution in [1.29, 1.82) is 0 Å². The van der Waals surface area contributed by atoms with Crippen LogP contribution in [0, 0.1) is 0 Å². The number of hydrogen-bond acceptors (Lipinski definition) is 2. The summed E-state index contributed by atoms with van der Waals surface area (Å²) in [7, 11) is 0. The Kier molecular flexibility index (Phi) is 7.33. The molecular weight excluding hydrogens is 224 g/mol. The first-order chi connectivity index (χ1) is 8.63. The lowest BCUT2D eigenvalue weighted by atomic mass is 10.1. The molecule has 1 aliphatic carbocycles. The van der Waals surface area contributed by atoms with Crippen LogP contribution < -0.4 is 10.6 Å². The molecule has 1 aliphatic rings. The van der Waals surface area contributed by atoms with Crippen LogP contribution in [0.25, 0.3) is 0 Å². The molecule has 2 N–H and O–H groups in total. The van der Waals surface area contributed by atoms with Crippen molar-refractivity contribution in [2.75, 3.05) is 0 Å². The lowest BCUT2D eigenvalue weighted by Crippen LogP contribution is -2.48. The van der Waals surface area contributed by atoms with Crippen LogP contribution in [0.3, 0.4) is 0 Å². The van der Waals surface area contributed by atoms with E-state index in [2.05, 4.69) is 24.5 Å². The van der Waals surface area contributed by atoms with Gasteiger partial charge in [-0.05, 0) is 33.1 Å². The number of carbonyl (C=O) groups excluding carboxylic acids is 1. The molecule has 106 valence electrons. The Morgan fingerprint density at radius 1 is 1.22 bits per heavy atom. The zero-order valence-electron chi connectivity index (χ0n) is 12.3. The number of hydrogen-bond donors (Lipinski definition) is 2. The second-order valence-electron chi connectivity index (χ2n) is 5.78. The second kappa shape index (κ2) is 8.52. The van der Waals surface area contributed by atoms with Crippen LogP contribution in [0.5, 0.6) is 0 Å². The highest BCUT2D eigenvalue weighted by molar-refractivity contribution is 5.81. The van der Waals surface area contributed by atoms with Crippen molar-refractivity contribution < 1.29 is 4.79 Å². The van der Waals surface area contributed by atoms with E-state index in [4.69, 9.17) is 0 Å². The van der Waals surface area contributed by atoms with Crippen LogP contribution in [-0.2, 0) is 4.79 Å². The Hall–Kier alpha value is -0.570. The van der Waals surface area contributed by atoms with Gasteiger partial charge in [0.2, 0.25) is 5.91 Å². The van der Waals surface area contributed by atoms with Crippen LogP contribution in [0.4, 0.5) is 0 Å². The Morgan fingerprint density at radius 3 is 2.50 bits per heavy atom. The van der Waals surface area contributed by atoms with Gasteiger partial charge in [-0.1, -0.05) is 39.0 Å². The molecule has 0 heterocycles. The van der Waals surface area contributed by atoms with Gasteiger partial charge in [0.05, 0.1) is 6.04 Å². The summed E-state index contributed by atoms with van der Waals surface area (Å²) in [5, 5.41) is 6.55. The van der Waals surface area contributed by atoms with Crippen LogP contribution in [0.2, 0.25) is 0 Å². The Labute approximate surface area is 112 Å².